The zero-order valence-corrected chi connectivity index (χ0v) is 10.7. The average molecular weight is 252 g/mol. The largest absolute Gasteiger partial charge is 0.481 e. The minimum absolute atomic E-state index is 0.250. The van der Waals surface area contributed by atoms with E-state index in [0.717, 1.165) is 31.8 Å². The molecule has 1 aromatic rings. The van der Waals surface area contributed by atoms with E-state index in [0.29, 0.717) is 6.04 Å². The van der Waals surface area contributed by atoms with Gasteiger partial charge in [-0.2, -0.15) is 5.10 Å². The zero-order chi connectivity index (χ0) is 13.0. The molecular formula is C12H20N4O2. The highest BCUT2D eigenvalue weighted by molar-refractivity contribution is 5.66. The van der Waals surface area contributed by atoms with Crippen molar-refractivity contribution in [3.05, 3.63) is 12.2 Å². The molecule has 0 bridgehead atoms. The summed E-state index contributed by atoms with van der Waals surface area (Å²) in [5, 5.41) is 12.9. The van der Waals surface area contributed by atoms with Crippen molar-refractivity contribution in [3.63, 3.8) is 0 Å². The molecule has 1 N–H and O–H groups in total. The molecule has 0 saturated carbocycles. The van der Waals surface area contributed by atoms with Crippen LogP contribution in [0.3, 0.4) is 0 Å². The predicted octanol–water partition coefficient (Wildman–Crippen LogP) is 1.03. The van der Waals surface area contributed by atoms with Crippen LogP contribution in [0.2, 0.25) is 0 Å². The number of aliphatic carboxylic acids is 1. The Balaban J connectivity index is 1.95. The lowest BCUT2D eigenvalue weighted by Gasteiger charge is -2.35. The van der Waals surface area contributed by atoms with Crippen LogP contribution in [-0.4, -0.2) is 43.3 Å². The van der Waals surface area contributed by atoms with Crippen molar-refractivity contribution >= 4 is 5.97 Å². The molecule has 2 rings (SSSR count). The van der Waals surface area contributed by atoms with Crippen molar-refractivity contribution in [1.82, 2.24) is 19.7 Å². The maximum atomic E-state index is 10.7. The fraction of sp³-hybridized carbons (Fsp3) is 0.750. The van der Waals surface area contributed by atoms with E-state index in [4.69, 9.17) is 5.11 Å². The van der Waals surface area contributed by atoms with Crippen molar-refractivity contribution in [2.45, 2.75) is 44.7 Å². The summed E-state index contributed by atoms with van der Waals surface area (Å²) in [6.45, 7) is 1.79. The molecule has 0 spiro atoms. The van der Waals surface area contributed by atoms with E-state index in [1.54, 1.807) is 11.0 Å². The normalized spacial score (nSPS) is 21.1. The molecule has 1 aliphatic rings. The van der Waals surface area contributed by atoms with Gasteiger partial charge in [-0.1, -0.05) is 6.42 Å². The third-order valence-electron chi connectivity index (χ3n) is 3.59. The van der Waals surface area contributed by atoms with Gasteiger partial charge in [-0.3, -0.25) is 14.4 Å². The highest BCUT2D eigenvalue weighted by Crippen LogP contribution is 2.22. The van der Waals surface area contributed by atoms with Gasteiger partial charge in [0.15, 0.2) is 0 Å². The summed E-state index contributed by atoms with van der Waals surface area (Å²) in [5.41, 5.74) is 0. The number of hydrogen-bond donors (Lipinski definition) is 1. The molecule has 6 heteroatoms. The average Bonchev–Trinajstić information content (AvgIpc) is 2.74. The number of nitrogens with zero attached hydrogens (tertiary/aromatic N) is 4. The molecule has 6 nitrogen and oxygen atoms in total. The molecule has 18 heavy (non-hydrogen) atoms. The SMILES string of the molecule is Cn1ncnc1CN1CCCCC1CCC(=O)O. The number of hydrogen-bond acceptors (Lipinski definition) is 4. The lowest BCUT2D eigenvalue weighted by molar-refractivity contribution is -0.137. The van der Waals surface area contributed by atoms with Gasteiger partial charge in [-0.25, -0.2) is 4.98 Å². The van der Waals surface area contributed by atoms with Crippen LogP contribution in [-0.2, 0) is 18.4 Å². The van der Waals surface area contributed by atoms with Crippen LogP contribution in [0.4, 0.5) is 0 Å². The van der Waals surface area contributed by atoms with E-state index in [1.807, 2.05) is 7.05 Å². The Morgan fingerprint density at radius 3 is 3.06 bits per heavy atom. The molecule has 1 saturated heterocycles. The van der Waals surface area contributed by atoms with Crippen molar-refractivity contribution in [2.24, 2.45) is 7.05 Å². The van der Waals surface area contributed by atoms with Crippen LogP contribution in [0.15, 0.2) is 6.33 Å². The minimum Gasteiger partial charge on any atom is -0.481 e. The van der Waals surface area contributed by atoms with Gasteiger partial charge in [0.2, 0.25) is 0 Å². The number of carbonyl (C=O) groups is 1. The quantitative estimate of drug-likeness (QED) is 0.847. The molecule has 1 aromatic heterocycles. The highest BCUT2D eigenvalue weighted by atomic mass is 16.4. The second kappa shape index (κ2) is 5.95. The van der Waals surface area contributed by atoms with Crippen LogP contribution in [0.25, 0.3) is 0 Å². The van der Waals surface area contributed by atoms with E-state index >= 15 is 0 Å². The number of carboxylic acids is 1. The monoisotopic (exact) mass is 252 g/mol. The molecule has 1 aliphatic heterocycles. The Bertz CT molecular complexity index is 405. The van der Waals surface area contributed by atoms with Crippen molar-refractivity contribution in [2.75, 3.05) is 6.54 Å². The Morgan fingerprint density at radius 2 is 2.39 bits per heavy atom. The van der Waals surface area contributed by atoms with Crippen LogP contribution < -0.4 is 0 Å². The van der Waals surface area contributed by atoms with Crippen molar-refractivity contribution < 1.29 is 9.90 Å². The fourth-order valence-corrected chi connectivity index (χ4v) is 2.53. The van der Waals surface area contributed by atoms with E-state index in [1.165, 1.54) is 12.8 Å². The number of carboxylic acid groups (broad SMARTS) is 1. The topological polar surface area (TPSA) is 71.2 Å². The molecular weight excluding hydrogens is 232 g/mol. The maximum Gasteiger partial charge on any atom is 0.303 e. The van der Waals surface area contributed by atoms with Gasteiger partial charge in [0, 0.05) is 19.5 Å². The first kappa shape index (κ1) is 13.0. The van der Waals surface area contributed by atoms with Crippen molar-refractivity contribution in [1.29, 1.82) is 0 Å². The summed E-state index contributed by atoms with van der Waals surface area (Å²) < 4.78 is 1.78. The van der Waals surface area contributed by atoms with E-state index in [2.05, 4.69) is 15.0 Å². The first-order chi connectivity index (χ1) is 8.66. The molecule has 1 unspecified atom stereocenters. The maximum absolute atomic E-state index is 10.7. The summed E-state index contributed by atoms with van der Waals surface area (Å²) in [4.78, 5) is 17.3. The molecule has 2 heterocycles. The number of aryl methyl sites for hydroxylation is 1. The van der Waals surface area contributed by atoms with Gasteiger partial charge in [0.05, 0.1) is 6.54 Å². The zero-order valence-electron chi connectivity index (χ0n) is 10.7. The molecule has 0 aliphatic carbocycles. The van der Waals surface area contributed by atoms with Gasteiger partial charge in [0.1, 0.15) is 12.2 Å². The molecule has 100 valence electrons. The van der Waals surface area contributed by atoms with E-state index < -0.39 is 5.97 Å². The minimum atomic E-state index is -0.709. The lowest BCUT2D eigenvalue weighted by atomic mass is 9.98. The molecule has 0 aromatic carbocycles. The summed E-state index contributed by atoms with van der Waals surface area (Å²) >= 11 is 0. The first-order valence-electron chi connectivity index (χ1n) is 6.45. The standard InChI is InChI=1S/C12H20N4O2/c1-15-11(13-9-14-15)8-16-7-3-2-4-10(16)5-6-12(17)18/h9-10H,2-8H2,1H3,(H,17,18). The Hall–Kier alpha value is -1.43. The summed E-state index contributed by atoms with van der Waals surface area (Å²) in [6, 6.07) is 0.367. The molecule has 0 radical (unpaired) electrons. The third kappa shape index (κ3) is 3.29. The van der Waals surface area contributed by atoms with Crippen LogP contribution in [0.5, 0.6) is 0 Å². The molecule has 1 atom stereocenters. The number of rotatable bonds is 5. The van der Waals surface area contributed by atoms with E-state index in [-0.39, 0.29) is 6.42 Å². The lowest BCUT2D eigenvalue weighted by Crippen LogP contribution is -2.39. The third-order valence-corrected chi connectivity index (χ3v) is 3.59. The first-order valence-corrected chi connectivity index (χ1v) is 6.45. The highest BCUT2D eigenvalue weighted by Gasteiger charge is 2.24. The molecule has 1 fully saturated rings. The molecule has 0 amide bonds. The predicted molar refractivity (Wildman–Crippen MR) is 65.9 cm³/mol. The summed E-state index contributed by atoms with van der Waals surface area (Å²) in [5.74, 6) is 0.233. The number of likely N-dealkylation sites (tertiary alicyclic amines) is 1. The van der Waals surface area contributed by atoms with Crippen LogP contribution in [0, 0.1) is 0 Å². The Labute approximate surface area is 107 Å². The smallest absolute Gasteiger partial charge is 0.303 e. The van der Waals surface area contributed by atoms with Gasteiger partial charge in [0.25, 0.3) is 0 Å². The summed E-state index contributed by atoms with van der Waals surface area (Å²) in [6.07, 6.45) is 6.00. The Morgan fingerprint density at radius 1 is 1.56 bits per heavy atom. The van der Waals surface area contributed by atoms with Gasteiger partial charge in [-0.05, 0) is 25.8 Å². The summed E-state index contributed by atoms with van der Waals surface area (Å²) in [7, 11) is 1.89. The van der Waals surface area contributed by atoms with Gasteiger partial charge in [-0.15, -0.1) is 0 Å². The van der Waals surface area contributed by atoms with Crippen LogP contribution in [0.1, 0.15) is 37.9 Å². The Kier molecular flexibility index (Phi) is 4.30. The second-order valence-corrected chi connectivity index (χ2v) is 4.85. The van der Waals surface area contributed by atoms with Crippen molar-refractivity contribution in [3.8, 4) is 0 Å². The van der Waals surface area contributed by atoms with Crippen LogP contribution >= 0.6 is 0 Å². The fourth-order valence-electron chi connectivity index (χ4n) is 2.53. The number of piperidine rings is 1. The van der Waals surface area contributed by atoms with Gasteiger partial charge >= 0.3 is 5.97 Å². The van der Waals surface area contributed by atoms with Gasteiger partial charge < -0.3 is 5.11 Å². The second-order valence-electron chi connectivity index (χ2n) is 4.85. The number of aromatic nitrogens is 3. The van der Waals surface area contributed by atoms with E-state index in [9.17, 15) is 4.79 Å².